The van der Waals surface area contributed by atoms with E-state index in [1.807, 2.05) is 30.3 Å². The number of aromatic nitrogens is 4. The van der Waals surface area contributed by atoms with Crippen LogP contribution >= 0.6 is 0 Å². The molecule has 2 aromatic heterocycles. The zero-order valence-electron chi connectivity index (χ0n) is 15.6. The summed E-state index contributed by atoms with van der Waals surface area (Å²) in [4.78, 5) is 17.0. The number of hydrogen-bond donors (Lipinski definition) is 0. The van der Waals surface area contributed by atoms with Crippen LogP contribution in [0.25, 0.3) is 16.7 Å². The van der Waals surface area contributed by atoms with Gasteiger partial charge >= 0.3 is 6.61 Å². The van der Waals surface area contributed by atoms with Gasteiger partial charge in [-0.05, 0) is 35.9 Å². The van der Waals surface area contributed by atoms with Crippen LogP contribution in [0, 0.1) is 0 Å². The third kappa shape index (κ3) is 3.75. The molecule has 0 amide bonds. The molecule has 30 heavy (non-hydrogen) atoms. The highest BCUT2D eigenvalue weighted by atomic mass is 19.3. The standard InChI is InChI=1S/C20H15F2N5O3/c1-29-16-8-7-13(9-17(16)30-20(21)22)10-24-26-12-23-18-15(19(26)28)11-25-27(18)14-5-3-2-4-6-14/h2-12,20H,1H3/b24-10-. The number of halogens is 2. The summed E-state index contributed by atoms with van der Waals surface area (Å²) in [5.74, 6) is 0.0162. The van der Waals surface area contributed by atoms with Crippen molar-refractivity contribution in [3.05, 3.63) is 77.0 Å². The summed E-state index contributed by atoms with van der Waals surface area (Å²) in [6.07, 6.45) is 4.02. The van der Waals surface area contributed by atoms with E-state index in [1.165, 1.54) is 38.0 Å². The number of ether oxygens (including phenoxy) is 2. The van der Waals surface area contributed by atoms with E-state index in [4.69, 9.17) is 4.74 Å². The molecule has 0 saturated heterocycles. The van der Waals surface area contributed by atoms with Crippen molar-refractivity contribution in [1.82, 2.24) is 19.4 Å². The minimum atomic E-state index is -3.00. The highest BCUT2D eigenvalue weighted by Gasteiger charge is 2.12. The smallest absolute Gasteiger partial charge is 0.387 e. The molecule has 2 heterocycles. The Morgan fingerprint density at radius 2 is 1.93 bits per heavy atom. The van der Waals surface area contributed by atoms with Crippen molar-refractivity contribution >= 4 is 17.2 Å². The van der Waals surface area contributed by atoms with Gasteiger partial charge in [0.2, 0.25) is 0 Å². The molecular weight excluding hydrogens is 396 g/mol. The fourth-order valence-electron chi connectivity index (χ4n) is 2.83. The average molecular weight is 411 g/mol. The summed E-state index contributed by atoms with van der Waals surface area (Å²) in [6, 6.07) is 13.7. The van der Waals surface area contributed by atoms with Gasteiger partial charge in [-0.3, -0.25) is 4.79 Å². The first-order chi connectivity index (χ1) is 14.6. The molecule has 2 aromatic carbocycles. The average Bonchev–Trinajstić information content (AvgIpc) is 3.19. The van der Waals surface area contributed by atoms with Crippen LogP contribution in [0.5, 0.6) is 11.5 Å². The lowest BCUT2D eigenvalue weighted by Crippen LogP contribution is -2.17. The monoisotopic (exact) mass is 411 g/mol. The van der Waals surface area contributed by atoms with Gasteiger partial charge in [-0.1, -0.05) is 18.2 Å². The Morgan fingerprint density at radius 1 is 1.13 bits per heavy atom. The third-order valence-electron chi connectivity index (χ3n) is 4.21. The maximum atomic E-state index is 12.7. The number of rotatable bonds is 6. The second-order valence-electron chi connectivity index (χ2n) is 6.06. The van der Waals surface area contributed by atoms with Crippen molar-refractivity contribution in [2.24, 2.45) is 5.10 Å². The van der Waals surface area contributed by atoms with Gasteiger partial charge < -0.3 is 9.47 Å². The molecule has 0 spiro atoms. The molecular formula is C20H15F2N5O3. The second kappa shape index (κ2) is 8.11. The molecule has 8 nitrogen and oxygen atoms in total. The van der Waals surface area contributed by atoms with Gasteiger partial charge in [0.25, 0.3) is 5.56 Å². The van der Waals surface area contributed by atoms with Gasteiger partial charge in [0, 0.05) is 0 Å². The minimum absolute atomic E-state index is 0.137. The SMILES string of the molecule is COc1ccc(/C=N\n2cnc3c(cnn3-c3ccccc3)c2=O)cc1OC(F)F. The lowest BCUT2D eigenvalue weighted by Gasteiger charge is -2.10. The topological polar surface area (TPSA) is 83.5 Å². The summed E-state index contributed by atoms with van der Waals surface area (Å²) in [7, 11) is 1.34. The van der Waals surface area contributed by atoms with Crippen LogP contribution < -0.4 is 15.0 Å². The van der Waals surface area contributed by atoms with Crippen LogP contribution in [0.1, 0.15) is 5.56 Å². The lowest BCUT2D eigenvalue weighted by molar-refractivity contribution is -0.0512. The van der Waals surface area contributed by atoms with Crippen molar-refractivity contribution in [3.8, 4) is 17.2 Å². The third-order valence-corrected chi connectivity index (χ3v) is 4.21. The van der Waals surface area contributed by atoms with Crippen molar-refractivity contribution in [3.63, 3.8) is 0 Å². The van der Waals surface area contributed by atoms with Crippen molar-refractivity contribution in [2.75, 3.05) is 7.11 Å². The fraction of sp³-hybridized carbons (Fsp3) is 0.100. The van der Waals surface area contributed by atoms with Crippen molar-refractivity contribution in [1.29, 1.82) is 0 Å². The molecule has 10 heteroatoms. The Kier molecular flexibility index (Phi) is 5.21. The van der Waals surface area contributed by atoms with Crippen LogP contribution in [0.2, 0.25) is 0 Å². The number of nitrogens with zero attached hydrogens (tertiary/aromatic N) is 5. The quantitative estimate of drug-likeness (QED) is 0.456. The summed E-state index contributed by atoms with van der Waals surface area (Å²) < 4.78 is 37.2. The number of methoxy groups -OCH3 is 1. The van der Waals surface area contributed by atoms with Crippen LogP contribution in [-0.2, 0) is 0 Å². The van der Waals surface area contributed by atoms with Crippen LogP contribution in [-0.4, -0.2) is 39.4 Å². The highest BCUT2D eigenvalue weighted by molar-refractivity contribution is 5.81. The predicted molar refractivity (Wildman–Crippen MR) is 106 cm³/mol. The molecule has 0 atom stereocenters. The van der Waals surface area contributed by atoms with Gasteiger partial charge in [0.1, 0.15) is 11.7 Å². The van der Waals surface area contributed by atoms with Gasteiger partial charge in [-0.25, -0.2) is 9.67 Å². The predicted octanol–water partition coefficient (Wildman–Crippen LogP) is 3.07. The molecule has 0 fully saturated rings. The Balaban J connectivity index is 1.67. The number of fused-ring (bicyclic) bond motifs is 1. The summed E-state index contributed by atoms with van der Waals surface area (Å²) >= 11 is 0. The second-order valence-corrected chi connectivity index (χ2v) is 6.06. The Labute approximate surface area is 168 Å². The van der Waals surface area contributed by atoms with Gasteiger partial charge in [0.05, 0.1) is 25.2 Å². The molecule has 0 unspecified atom stereocenters. The molecule has 4 aromatic rings. The molecule has 0 radical (unpaired) electrons. The van der Waals surface area contributed by atoms with E-state index in [0.29, 0.717) is 11.2 Å². The van der Waals surface area contributed by atoms with E-state index >= 15 is 0 Å². The maximum absolute atomic E-state index is 12.7. The number of hydrogen-bond acceptors (Lipinski definition) is 6. The van der Waals surface area contributed by atoms with E-state index < -0.39 is 12.2 Å². The van der Waals surface area contributed by atoms with E-state index in [-0.39, 0.29) is 16.9 Å². The number of para-hydroxylation sites is 1. The van der Waals surface area contributed by atoms with Crippen LogP contribution in [0.15, 0.2) is 71.0 Å². The largest absolute Gasteiger partial charge is 0.493 e. The summed E-state index contributed by atoms with van der Waals surface area (Å²) in [5.41, 5.74) is 1.18. The molecule has 0 aliphatic rings. The van der Waals surface area contributed by atoms with Crippen molar-refractivity contribution in [2.45, 2.75) is 6.61 Å². The Morgan fingerprint density at radius 3 is 2.67 bits per heavy atom. The first-order valence-electron chi connectivity index (χ1n) is 8.75. The van der Waals surface area contributed by atoms with Gasteiger partial charge in [0.15, 0.2) is 17.1 Å². The minimum Gasteiger partial charge on any atom is -0.493 e. The molecule has 0 bridgehead atoms. The van der Waals surface area contributed by atoms with Gasteiger partial charge in [-0.2, -0.15) is 23.7 Å². The Bertz CT molecular complexity index is 1270. The van der Waals surface area contributed by atoms with Crippen molar-refractivity contribution < 1.29 is 18.3 Å². The molecule has 4 rings (SSSR count). The molecule has 0 N–H and O–H groups in total. The van der Waals surface area contributed by atoms with E-state index in [0.717, 1.165) is 10.4 Å². The molecule has 152 valence electrons. The first kappa shape index (κ1) is 19.2. The normalized spacial score (nSPS) is 11.5. The zero-order valence-corrected chi connectivity index (χ0v) is 15.6. The first-order valence-corrected chi connectivity index (χ1v) is 8.75. The van der Waals surface area contributed by atoms with E-state index in [2.05, 4.69) is 19.9 Å². The van der Waals surface area contributed by atoms with Crippen LogP contribution in [0.3, 0.4) is 0 Å². The highest BCUT2D eigenvalue weighted by Crippen LogP contribution is 2.29. The van der Waals surface area contributed by atoms with Gasteiger partial charge in [-0.15, -0.1) is 0 Å². The summed E-state index contributed by atoms with van der Waals surface area (Å²) in [6.45, 7) is -3.00. The Hall–Kier alpha value is -4.08. The molecule has 0 saturated carbocycles. The van der Waals surface area contributed by atoms with E-state index in [1.54, 1.807) is 10.7 Å². The number of alkyl halides is 2. The molecule has 0 aliphatic carbocycles. The summed E-state index contributed by atoms with van der Waals surface area (Å²) in [5, 5.41) is 8.60. The maximum Gasteiger partial charge on any atom is 0.387 e. The number of benzene rings is 2. The zero-order chi connectivity index (χ0) is 21.1. The molecule has 0 aliphatic heterocycles. The van der Waals surface area contributed by atoms with Crippen LogP contribution in [0.4, 0.5) is 8.78 Å². The lowest BCUT2D eigenvalue weighted by atomic mass is 10.2. The van der Waals surface area contributed by atoms with E-state index in [9.17, 15) is 13.6 Å². The fourth-order valence-corrected chi connectivity index (χ4v) is 2.83.